The fourth-order valence-electron chi connectivity index (χ4n) is 2.53. The van der Waals surface area contributed by atoms with Crippen molar-refractivity contribution in [3.8, 4) is 0 Å². The van der Waals surface area contributed by atoms with Crippen LogP contribution in [0.15, 0.2) is 24.3 Å². The maximum Gasteiger partial charge on any atom is 0.282 e. The monoisotopic (exact) mass is 332 g/mol. The number of hydrogen-bond donors (Lipinski definition) is 1. The lowest BCUT2D eigenvalue weighted by Gasteiger charge is -2.33. The van der Waals surface area contributed by atoms with E-state index in [0.29, 0.717) is 18.1 Å². The van der Waals surface area contributed by atoms with Crippen molar-refractivity contribution >= 4 is 21.8 Å². The SMILES string of the molecule is CN(Cc1ccccc1Cl)S(=O)(=O)N1CCCC(CO)C1. The van der Waals surface area contributed by atoms with Crippen LogP contribution in [0.3, 0.4) is 0 Å². The lowest BCUT2D eigenvalue weighted by atomic mass is 10.0. The molecule has 1 fully saturated rings. The standard InChI is InChI=1S/C14H21ClN2O3S/c1-16(10-13-6-2-3-7-14(13)15)21(19,20)17-8-4-5-12(9-17)11-18/h2-3,6-7,12,18H,4-5,8-11H2,1H3. The van der Waals surface area contributed by atoms with Crippen LogP contribution in [0.5, 0.6) is 0 Å². The van der Waals surface area contributed by atoms with E-state index in [1.54, 1.807) is 13.1 Å². The van der Waals surface area contributed by atoms with Crippen molar-refractivity contribution in [2.45, 2.75) is 19.4 Å². The van der Waals surface area contributed by atoms with Gasteiger partial charge < -0.3 is 5.11 Å². The predicted molar refractivity (Wildman–Crippen MR) is 83.2 cm³/mol. The third kappa shape index (κ3) is 3.96. The van der Waals surface area contributed by atoms with Gasteiger partial charge in [-0.05, 0) is 30.4 Å². The number of nitrogens with zero attached hydrogens (tertiary/aromatic N) is 2. The van der Waals surface area contributed by atoms with Crippen LogP contribution < -0.4 is 0 Å². The number of hydrogen-bond acceptors (Lipinski definition) is 3. The maximum absolute atomic E-state index is 12.6. The lowest BCUT2D eigenvalue weighted by Crippen LogP contribution is -2.47. The summed E-state index contributed by atoms with van der Waals surface area (Å²) < 4.78 is 27.9. The minimum absolute atomic E-state index is 0.0280. The first-order valence-corrected chi connectivity index (χ1v) is 8.78. The van der Waals surface area contributed by atoms with Crippen LogP contribution in [0, 0.1) is 5.92 Å². The van der Waals surface area contributed by atoms with Crippen molar-refractivity contribution in [1.82, 2.24) is 8.61 Å². The minimum Gasteiger partial charge on any atom is -0.396 e. The van der Waals surface area contributed by atoms with Gasteiger partial charge in [-0.1, -0.05) is 29.8 Å². The number of benzene rings is 1. The molecule has 1 heterocycles. The zero-order valence-corrected chi connectivity index (χ0v) is 13.6. The molecule has 1 aliphatic rings. The summed E-state index contributed by atoms with van der Waals surface area (Å²) in [7, 11) is -1.97. The molecule has 0 aromatic heterocycles. The summed E-state index contributed by atoms with van der Waals surface area (Å²) in [5.74, 6) is 0.0299. The molecule has 0 bridgehead atoms. The van der Waals surface area contributed by atoms with Crippen LogP contribution >= 0.6 is 11.6 Å². The molecule has 0 aliphatic carbocycles. The largest absolute Gasteiger partial charge is 0.396 e. The summed E-state index contributed by atoms with van der Waals surface area (Å²) >= 11 is 6.08. The van der Waals surface area contributed by atoms with Gasteiger partial charge in [-0.15, -0.1) is 0 Å². The molecule has 1 N–H and O–H groups in total. The third-order valence-corrected chi connectivity index (χ3v) is 6.08. The van der Waals surface area contributed by atoms with Gasteiger partial charge in [0, 0.05) is 38.3 Å². The van der Waals surface area contributed by atoms with Gasteiger partial charge in [0.1, 0.15) is 0 Å². The van der Waals surface area contributed by atoms with Crippen LogP contribution in [0.1, 0.15) is 18.4 Å². The molecular weight excluding hydrogens is 312 g/mol. The Morgan fingerprint density at radius 2 is 2.14 bits per heavy atom. The Balaban J connectivity index is 2.10. The van der Waals surface area contributed by atoms with Gasteiger partial charge in [-0.2, -0.15) is 17.0 Å². The zero-order valence-electron chi connectivity index (χ0n) is 12.1. The van der Waals surface area contributed by atoms with Crippen molar-refractivity contribution in [2.75, 3.05) is 26.7 Å². The summed E-state index contributed by atoms with van der Waals surface area (Å²) in [6, 6.07) is 7.22. The Morgan fingerprint density at radius 1 is 1.43 bits per heavy atom. The van der Waals surface area contributed by atoms with Gasteiger partial charge in [-0.25, -0.2) is 0 Å². The molecular formula is C14H21ClN2O3S. The zero-order chi connectivity index (χ0) is 15.5. The van der Waals surface area contributed by atoms with E-state index in [0.717, 1.165) is 18.4 Å². The molecule has 118 valence electrons. The van der Waals surface area contributed by atoms with Gasteiger partial charge in [0.2, 0.25) is 0 Å². The van der Waals surface area contributed by atoms with E-state index < -0.39 is 10.2 Å². The van der Waals surface area contributed by atoms with Crippen LogP contribution in [-0.2, 0) is 16.8 Å². The van der Waals surface area contributed by atoms with Crippen LogP contribution in [-0.4, -0.2) is 48.9 Å². The summed E-state index contributed by atoms with van der Waals surface area (Å²) in [6.45, 7) is 1.15. The normalized spacial score (nSPS) is 20.9. The molecule has 5 nitrogen and oxygen atoms in total. The van der Waals surface area contributed by atoms with Crippen molar-refractivity contribution in [3.63, 3.8) is 0 Å². The molecule has 1 aliphatic heterocycles. The van der Waals surface area contributed by atoms with E-state index >= 15 is 0 Å². The molecule has 2 rings (SSSR count). The Labute approximate surface area is 131 Å². The maximum atomic E-state index is 12.6. The van der Waals surface area contributed by atoms with E-state index in [1.165, 1.54) is 8.61 Å². The van der Waals surface area contributed by atoms with Crippen molar-refractivity contribution in [1.29, 1.82) is 0 Å². The van der Waals surface area contributed by atoms with E-state index in [-0.39, 0.29) is 19.1 Å². The molecule has 0 spiro atoms. The van der Waals surface area contributed by atoms with Crippen LogP contribution in [0.4, 0.5) is 0 Å². The number of aliphatic hydroxyl groups excluding tert-OH is 1. The summed E-state index contributed by atoms with van der Waals surface area (Å²) in [5.41, 5.74) is 0.779. The Kier molecular flexibility index (Phi) is 5.62. The van der Waals surface area contributed by atoms with Gasteiger partial charge in [0.05, 0.1) is 0 Å². The number of halogens is 1. The van der Waals surface area contributed by atoms with Crippen LogP contribution in [0.2, 0.25) is 5.02 Å². The fraction of sp³-hybridized carbons (Fsp3) is 0.571. The molecule has 21 heavy (non-hydrogen) atoms. The highest BCUT2D eigenvalue weighted by Crippen LogP contribution is 2.23. The molecule has 0 radical (unpaired) electrons. The Bertz CT molecular complexity index is 579. The summed E-state index contributed by atoms with van der Waals surface area (Å²) in [5, 5.41) is 9.79. The fourth-order valence-corrected chi connectivity index (χ4v) is 4.18. The number of piperidine rings is 1. The first-order valence-electron chi connectivity index (χ1n) is 7.01. The average molecular weight is 333 g/mol. The highest BCUT2D eigenvalue weighted by Gasteiger charge is 2.31. The molecule has 1 saturated heterocycles. The molecule has 1 unspecified atom stereocenters. The molecule has 0 amide bonds. The average Bonchev–Trinajstić information content (AvgIpc) is 2.49. The second-order valence-corrected chi connectivity index (χ2v) is 7.85. The second kappa shape index (κ2) is 7.07. The smallest absolute Gasteiger partial charge is 0.282 e. The lowest BCUT2D eigenvalue weighted by molar-refractivity contribution is 0.161. The van der Waals surface area contributed by atoms with Gasteiger partial charge >= 0.3 is 0 Å². The van der Waals surface area contributed by atoms with E-state index in [1.807, 2.05) is 18.2 Å². The highest BCUT2D eigenvalue weighted by molar-refractivity contribution is 7.86. The number of rotatable bonds is 5. The van der Waals surface area contributed by atoms with Crippen molar-refractivity contribution in [2.24, 2.45) is 5.92 Å². The molecule has 7 heteroatoms. The molecule has 1 aromatic rings. The second-order valence-electron chi connectivity index (χ2n) is 5.40. The Hall–Kier alpha value is -0.660. The number of aliphatic hydroxyl groups is 1. The van der Waals surface area contributed by atoms with Gasteiger partial charge in [0.25, 0.3) is 10.2 Å². The van der Waals surface area contributed by atoms with Crippen molar-refractivity contribution in [3.05, 3.63) is 34.9 Å². The molecule has 0 saturated carbocycles. The minimum atomic E-state index is -3.52. The van der Waals surface area contributed by atoms with Crippen LogP contribution in [0.25, 0.3) is 0 Å². The Morgan fingerprint density at radius 3 is 2.81 bits per heavy atom. The summed E-state index contributed by atoms with van der Waals surface area (Å²) in [6.07, 6.45) is 1.65. The third-order valence-electron chi connectivity index (χ3n) is 3.81. The van der Waals surface area contributed by atoms with E-state index in [4.69, 9.17) is 11.6 Å². The molecule has 1 aromatic carbocycles. The highest BCUT2D eigenvalue weighted by atomic mass is 35.5. The van der Waals surface area contributed by atoms with E-state index in [2.05, 4.69) is 0 Å². The predicted octanol–water partition coefficient (Wildman–Crippen LogP) is 1.72. The molecule has 1 atom stereocenters. The quantitative estimate of drug-likeness (QED) is 0.893. The first-order chi connectivity index (χ1) is 9.95. The van der Waals surface area contributed by atoms with Crippen molar-refractivity contribution < 1.29 is 13.5 Å². The topological polar surface area (TPSA) is 60.9 Å². The van der Waals surface area contributed by atoms with Gasteiger partial charge in [-0.3, -0.25) is 0 Å². The van der Waals surface area contributed by atoms with Gasteiger partial charge in [0.15, 0.2) is 0 Å². The van der Waals surface area contributed by atoms with E-state index in [9.17, 15) is 13.5 Å². The first kappa shape index (κ1) is 16.7. The summed E-state index contributed by atoms with van der Waals surface area (Å²) in [4.78, 5) is 0.